The maximum Gasteiger partial charge on any atom is 0.0614 e. The Morgan fingerprint density at radius 3 is 1.50 bits per heavy atom. The molecule has 1 N–H and O–H groups in total. The van der Waals surface area contributed by atoms with Crippen molar-refractivity contribution in [2.75, 3.05) is 0 Å². The number of aliphatic hydroxyl groups is 1. The molecule has 48 valence electrons. The molecule has 0 aromatic rings. The van der Waals surface area contributed by atoms with E-state index in [4.69, 9.17) is 5.11 Å². The third kappa shape index (κ3) is 4.98. The summed E-state index contributed by atoms with van der Waals surface area (Å²) in [4.78, 5) is 0. The van der Waals surface area contributed by atoms with Gasteiger partial charge < -0.3 is 5.11 Å². The second kappa shape index (κ2) is 4.68. The van der Waals surface area contributed by atoms with E-state index in [1.807, 2.05) is 20.8 Å². The van der Waals surface area contributed by atoms with Crippen molar-refractivity contribution < 1.29 is 30.9 Å². The van der Waals surface area contributed by atoms with E-state index < -0.39 is 5.60 Å². The summed E-state index contributed by atoms with van der Waals surface area (Å²) >= 11 is 0. The number of hydrogen-bond donors (Lipinski definition) is 1. The molecule has 0 atom stereocenters. The van der Waals surface area contributed by atoms with Crippen LogP contribution in [0.4, 0.5) is 0 Å². The van der Waals surface area contributed by atoms with Crippen LogP contribution in [0.1, 0.15) is 33.6 Å². The van der Waals surface area contributed by atoms with Crippen LogP contribution in [0.2, 0.25) is 0 Å². The Morgan fingerprint density at radius 1 is 1.25 bits per heavy atom. The van der Waals surface area contributed by atoms with Crippen molar-refractivity contribution >= 4 is 0 Å². The van der Waals surface area contributed by atoms with E-state index in [0.717, 1.165) is 12.8 Å². The Balaban J connectivity index is 0. The van der Waals surface area contributed by atoms with Crippen LogP contribution in [0.3, 0.4) is 0 Å². The molecular weight excluding hydrogens is 267 g/mol. The average Bonchev–Trinajstić information content (AvgIpc) is 1.68. The largest absolute Gasteiger partial charge is 0.390 e. The van der Waals surface area contributed by atoms with E-state index in [2.05, 4.69) is 0 Å². The fraction of sp³-hybridized carbons (Fsp3) is 1.00. The van der Waals surface area contributed by atoms with Gasteiger partial charge in [0.25, 0.3) is 0 Å². The van der Waals surface area contributed by atoms with Crippen LogP contribution in [0.5, 0.6) is 0 Å². The third-order valence-electron chi connectivity index (χ3n) is 1.52. The summed E-state index contributed by atoms with van der Waals surface area (Å²) in [5.74, 6) is 0. The van der Waals surface area contributed by atoms with E-state index in [9.17, 15) is 0 Å². The molecule has 1 nitrogen and oxygen atoms in total. The van der Waals surface area contributed by atoms with E-state index in [1.165, 1.54) is 0 Å². The van der Waals surface area contributed by atoms with Gasteiger partial charge in [-0.2, -0.15) is 0 Å². The fourth-order valence-electron chi connectivity index (χ4n) is 0.250. The zero-order chi connectivity index (χ0) is 5.91. The molecule has 0 amide bonds. The predicted molar refractivity (Wildman–Crippen MR) is 31.2 cm³/mol. The van der Waals surface area contributed by atoms with Gasteiger partial charge >= 0.3 is 0 Å². The van der Waals surface area contributed by atoms with Gasteiger partial charge in [-0.3, -0.25) is 0 Å². The Bertz CT molecular complexity index is 46.5. The van der Waals surface area contributed by atoms with Crippen LogP contribution in [0.25, 0.3) is 0 Å². The predicted octanol–water partition coefficient (Wildman–Crippen LogP) is 1.55. The molecule has 0 bridgehead atoms. The monoisotopic (exact) mass is 282 g/mol. The summed E-state index contributed by atoms with van der Waals surface area (Å²) in [6.07, 6.45) is 1.70. The van der Waals surface area contributed by atoms with Crippen LogP contribution >= 0.6 is 0 Å². The summed E-state index contributed by atoms with van der Waals surface area (Å²) in [7, 11) is 0. The van der Waals surface area contributed by atoms with Crippen LogP contribution in [0.15, 0.2) is 0 Å². The topological polar surface area (TPSA) is 20.2 Å². The van der Waals surface area contributed by atoms with Crippen molar-refractivity contribution in [2.45, 2.75) is 39.2 Å². The van der Waals surface area contributed by atoms with Crippen LogP contribution in [-0.4, -0.2) is 10.7 Å². The van der Waals surface area contributed by atoms with Gasteiger partial charge in [-0.15, -0.1) is 0 Å². The van der Waals surface area contributed by atoms with Gasteiger partial charge in [0.2, 0.25) is 0 Å². The molecule has 0 saturated carbocycles. The van der Waals surface area contributed by atoms with Gasteiger partial charge in [0.05, 0.1) is 5.60 Å². The molecule has 0 fully saturated rings. The fourth-order valence-corrected chi connectivity index (χ4v) is 0.250. The van der Waals surface area contributed by atoms with Crippen molar-refractivity contribution in [3.8, 4) is 0 Å². The molecule has 0 aliphatic carbocycles. The van der Waals surface area contributed by atoms with E-state index in [1.54, 1.807) is 0 Å². The minimum absolute atomic E-state index is 0. The van der Waals surface area contributed by atoms with Crippen molar-refractivity contribution in [3.63, 3.8) is 0 Å². The van der Waals surface area contributed by atoms with E-state index in [-0.39, 0.29) is 25.8 Å². The molecule has 0 unspecified atom stereocenters. The minimum Gasteiger partial charge on any atom is -0.390 e. The Labute approximate surface area is 70.3 Å². The quantitative estimate of drug-likeness (QED) is 0.761. The molecule has 0 aliphatic heterocycles. The first-order chi connectivity index (χ1) is 3.12. The Morgan fingerprint density at radius 2 is 1.50 bits per heavy atom. The second-order valence-electron chi connectivity index (χ2n) is 2.20. The molecule has 0 aromatic carbocycles. The summed E-state index contributed by atoms with van der Waals surface area (Å²) < 4.78 is 0. The SMILES string of the molecule is CCC(C)(O)CC.[Hf]. The van der Waals surface area contributed by atoms with Crippen LogP contribution in [0, 0.1) is 0 Å². The summed E-state index contributed by atoms with van der Waals surface area (Å²) in [6, 6.07) is 0. The van der Waals surface area contributed by atoms with Gasteiger partial charge in [-0.25, -0.2) is 0 Å². The molecule has 0 spiro atoms. The molecule has 0 heterocycles. The molecule has 0 saturated heterocycles. The minimum atomic E-state index is -0.417. The number of rotatable bonds is 2. The van der Waals surface area contributed by atoms with Crippen molar-refractivity contribution in [1.82, 2.24) is 0 Å². The van der Waals surface area contributed by atoms with Gasteiger partial charge in [0, 0.05) is 25.8 Å². The van der Waals surface area contributed by atoms with E-state index >= 15 is 0 Å². The summed E-state index contributed by atoms with van der Waals surface area (Å²) in [6.45, 7) is 5.83. The first-order valence-electron chi connectivity index (χ1n) is 2.84. The first kappa shape index (κ1) is 11.6. The first-order valence-corrected chi connectivity index (χ1v) is 2.84. The van der Waals surface area contributed by atoms with Crippen molar-refractivity contribution in [1.29, 1.82) is 0 Å². The van der Waals surface area contributed by atoms with Crippen LogP contribution in [-0.2, 0) is 25.8 Å². The zero-order valence-corrected chi connectivity index (χ0v) is 9.45. The third-order valence-corrected chi connectivity index (χ3v) is 1.52. The molecule has 2 heteroatoms. The van der Waals surface area contributed by atoms with Gasteiger partial charge in [-0.05, 0) is 19.8 Å². The van der Waals surface area contributed by atoms with Gasteiger partial charge in [-0.1, -0.05) is 13.8 Å². The molecule has 0 aromatic heterocycles. The van der Waals surface area contributed by atoms with Crippen molar-refractivity contribution in [2.24, 2.45) is 0 Å². The maximum atomic E-state index is 9.13. The van der Waals surface area contributed by atoms with Crippen molar-refractivity contribution in [3.05, 3.63) is 0 Å². The average molecular weight is 281 g/mol. The standard InChI is InChI=1S/C6H14O.Hf/c1-4-6(3,7)5-2;/h7H,4-5H2,1-3H3;. The second-order valence-corrected chi connectivity index (χ2v) is 2.20. The molecule has 0 radical (unpaired) electrons. The summed E-state index contributed by atoms with van der Waals surface area (Å²) in [5, 5.41) is 9.13. The molecule has 0 rings (SSSR count). The maximum absolute atomic E-state index is 9.13. The van der Waals surface area contributed by atoms with Crippen LogP contribution < -0.4 is 0 Å². The number of hydrogen-bond acceptors (Lipinski definition) is 1. The normalized spacial score (nSPS) is 10.5. The summed E-state index contributed by atoms with van der Waals surface area (Å²) in [5.41, 5.74) is -0.417. The Hall–Kier alpha value is 0.830. The molecule has 8 heavy (non-hydrogen) atoms. The van der Waals surface area contributed by atoms with E-state index in [0.29, 0.717) is 0 Å². The van der Waals surface area contributed by atoms with Gasteiger partial charge in [0.15, 0.2) is 0 Å². The smallest absolute Gasteiger partial charge is 0.0614 e. The molecule has 0 aliphatic rings. The van der Waals surface area contributed by atoms with Gasteiger partial charge in [0.1, 0.15) is 0 Å². The molecular formula is C6H14HfO. The Kier molecular flexibility index (Phi) is 6.80. The zero-order valence-electron chi connectivity index (χ0n) is 5.86.